The number of halogens is 1. The number of carbonyl (C=O) groups is 2. The number of ether oxygens (including phenoxy) is 1. The van der Waals surface area contributed by atoms with E-state index in [0.29, 0.717) is 13.0 Å². The molecule has 1 N–H and O–H groups in total. The smallest absolute Gasteiger partial charge is 0.410 e. The SMILES string of the molecule is CNC(=O)C1CCN(C(=O)OC(C)(C)C)CC1F. The van der Waals surface area contributed by atoms with Gasteiger partial charge in [-0.3, -0.25) is 4.79 Å². The van der Waals surface area contributed by atoms with Gasteiger partial charge in [0.25, 0.3) is 0 Å². The number of rotatable bonds is 1. The van der Waals surface area contributed by atoms with E-state index in [4.69, 9.17) is 4.74 Å². The highest BCUT2D eigenvalue weighted by atomic mass is 19.1. The molecular formula is C12H21FN2O3. The monoisotopic (exact) mass is 260 g/mol. The van der Waals surface area contributed by atoms with Crippen molar-refractivity contribution in [3.8, 4) is 0 Å². The number of carbonyl (C=O) groups excluding carboxylic acids is 2. The van der Waals surface area contributed by atoms with Gasteiger partial charge in [-0.25, -0.2) is 9.18 Å². The Bertz CT molecular complexity index is 328. The van der Waals surface area contributed by atoms with Crippen LogP contribution in [0.2, 0.25) is 0 Å². The number of hydrogen-bond donors (Lipinski definition) is 1. The van der Waals surface area contributed by atoms with E-state index in [1.165, 1.54) is 11.9 Å². The minimum Gasteiger partial charge on any atom is -0.444 e. The summed E-state index contributed by atoms with van der Waals surface area (Å²) in [5.41, 5.74) is -0.597. The molecule has 0 aromatic rings. The van der Waals surface area contributed by atoms with E-state index in [1.54, 1.807) is 20.8 Å². The molecule has 0 saturated carbocycles. The van der Waals surface area contributed by atoms with Crippen LogP contribution in [-0.4, -0.2) is 48.8 Å². The van der Waals surface area contributed by atoms with E-state index < -0.39 is 23.8 Å². The first-order valence-electron chi connectivity index (χ1n) is 6.08. The van der Waals surface area contributed by atoms with E-state index in [0.717, 1.165) is 0 Å². The Morgan fingerprint density at radius 3 is 2.44 bits per heavy atom. The summed E-state index contributed by atoms with van der Waals surface area (Å²) in [7, 11) is 1.48. The largest absolute Gasteiger partial charge is 0.444 e. The molecule has 2 unspecified atom stereocenters. The fourth-order valence-corrected chi connectivity index (χ4v) is 1.88. The van der Waals surface area contributed by atoms with Gasteiger partial charge in [0.05, 0.1) is 12.5 Å². The maximum atomic E-state index is 13.8. The van der Waals surface area contributed by atoms with Crippen LogP contribution < -0.4 is 5.32 Å². The number of alkyl halides is 1. The highest BCUT2D eigenvalue weighted by Gasteiger charge is 2.36. The van der Waals surface area contributed by atoms with Crippen molar-refractivity contribution in [3.05, 3.63) is 0 Å². The first-order chi connectivity index (χ1) is 8.24. The molecule has 1 fully saturated rings. The normalized spacial score (nSPS) is 24.6. The summed E-state index contributed by atoms with van der Waals surface area (Å²) in [6.07, 6.45) is -1.55. The van der Waals surface area contributed by atoms with Crippen molar-refractivity contribution < 1.29 is 18.7 Å². The summed E-state index contributed by atoms with van der Waals surface area (Å²) in [6, 6.07) is 0. The van der Waals surface area contributed by atoms with Gasteiger partial charge in [0.15, 0.2) is 0 Å². The topological polar surface area (TPSA) is 58.6 Å². The molecule has 0 spiro atoms. The van der Waals surface area contributed by atoms with Gasteiger partial charge >= 0.3 is 6.09 Å². The molecule has 5 nitrogen and oxygen atoms in total. The van der Waals surface area contributed by atoms with Crippen molar-refractivity contribution in [2.24, 2.45) is 5.92 Å². The van der Waals surface area contributed by atoms with Gasteiger partial charge in [-0.1, -0.05) is 0 Å². The Labute approximate surface area is 107 Å². The minimum absolute atomic E-state index is 0.0903. The third kappa shape index (κ3) is 3.85. The lowest BCUT2D eigenvalue weighted by atomic mass is 9.94. The van der Waals surface area contributed by atoms with Crippen molar-refractivity contribution in [2.45, 2.75) is 39.0 Å². The molecule has 0 radical (unpaired) electrons. The van der Waals surface area contributed by atoms with Crippen LogP contribution in [0, 0.1) is 5.92 Å². The fourth-order valence-electron chi connectivity index (χ4n) is 1.88. The van der Waals surface area contributed by atoms with Crippen LogP contribution in [-0.2, 0) is 9.53 Å². The van der Waals surface area contributed by atoms with Gasteiger partial charge in [0.2, 0.25) is 5.91 Å². The van der Waals surface area contributed by atoms with Crippen molar-refractivity contribution in [1.82, 2.24) is 10.2 Å². The zero-order chi connectivity index (χ0) is 13.9. The Hall–Kier alpha value is -1.33. The van der Waals surface area contributed by atoms with Crippen LogP contribution in [0.4, 0.5) is 9.18 Å². The number of amides is 2. The third-order valence-electron chi connectivity index (χ3n) is 2.78. The second kappa shape index (κ2) is 5.54. The summed E-state index contributed by atoms with van der Waals surface area (Å²) < 4.78 is 19.0. The summed E-state index contributed by atoms with van der Waals surface area (Å²) >= 11 is 0. The molecule has 104 valence electrons. The molecule has 1 rings (SSSR count). The molecule has 1 saturated heterocycles. The average Bonchev–Trinajstić information content (AvgIpc) is 2.25. The Morgan fingerprint density at radius 1 is 1.39 bits per heavy atom. The van der Waals surface area contributed by atoms with Gasteiger partial charge < -0.3 is 15.0 Å². The van der Waals surface area contributed by atoms with Crippen molar-refractivity contribution >= 4 is 12.0 Å². The lowest BCUT2D eigenvalue weighted by molar-refractivity contribution is -0.128. The molecule has 2 amide bonds. The van der Waals surface area contributed by atoms with Gasteiger partial charge in [0.1, 0.15) is 11.8 Å². The molecule has 1 aliphatic heterocycles. The summed E-state index contributed by atoms with van der Waals surface area (Å²) in [4.78, 5) is 24.5. The van der Waals surface area contributed by atoms with E-state index in [2.05, 4.69) is 5.32 Å². The number of likely N-dealkylation sites (tertiary alicyclic amines) is 1. The van der Waals surface area contributed by atoms with E-state index >= 15 is 0 Å². The summed E-state index contributed by atoms with van der Waals surface area (Å²) in [6.45, 7) is 5.53. The van der Waals surface area contributed by atoms with Gasteiger partial charge in [-0.15, -0.1) is 0 Å². The molecule has 0 aliphatic carbocycles. The highest BCUT2D eigenvalue weighted by molar-refractivity contribution is 5.79. The van der Waals surface area contributed by atoms with Gasteiger partial charge in [-0.05, 0) is 27.2 Å². The molecule has 1 heterocycles. The fraction of sp³-hybridized carbons (Fsp3) is 0.833. The molecular weight excluding hydrogens is 239 g/mol. The quantitative estimate of drug-likeness (QED) is 0.773. The second-order valence-corrected chi connectivity index (χ2v) is 5.45. The second-order valence-electron chi connectivity index (χ2n) is 5.45. The maximum Gasteiger partial charge on any atom is 0.410 e. The minimum atomic E-state index is -1.34. The number of piperidine rings is 1. The van der Waals surface area contributed by atoms with Gasteiger partial charge in [-0.2, -0.15) is 0 Å². The van der Waals surface area contributed by atoms with Crippen molar-refractivity contribution in [3.63, 3.8) is 0 Å². The zero-order valence-corrected chi connectivity index (χ0v) is 11.3. The first-order valence-corrected chi connectivity index (χ1v) is 6.08. The zero-order valence-electron chi connectivity index (χ0n) is 11.3. The Kier molecular flexibility index (Phi) is 4.53. The molecule has 0 aromatic carbocycles. The molecule has 0 bridgehead atoms. The van der Waals surface area contributed by atoms with E-state index in [9.17, 15) is 14.0 Å². The molecule has 18 heavy (non-hydrogen) atoms. The van der Waals surface area contributed by atoms with E-state index in [1.807, 2.05) is 0 Å². The molecule has 6 heteroatoms. The Morgan fingerprint density at radius 2 is 2.00 bits per heavy atom. The number of nitrogens with one attached hydrogen (secondary N) is 1. The maximum absolute atomic E-state index is 13.8. The first kappa shape index (κ1) is 14.7. The lowest BCUT2D eigenvalue weighted by Gasteiger charge is -2.34. The third-order valence-corrected chi connectivity index (χ3v) is 2.78. The number of hydrogen-bond acceptors (Lipinski definition) is 3. The summed E-state index contributed by atoms with van der Waals surface area (Å²) in [5, 5.41) is 2.43. The predicted octanol–water partition coefficient (Wildman–Crippen LogP) is 1.33. The van der Waals surface area contributed by atoms with Crippen LogP contribution in [0.15, 0.2) is 0 Å². The lowest BCUT2D eigenvalue weighted by Crippen LogP contribution is -2.50. The standard InChI is InChI=1S/C12H21FN2O3/c1-12(2,3)18-11(17)15-6-5-8(9(13)7-15)10(16)14-4/h8-9H,5-7H2,1-4H3,(H,14,16). The average molecular weight is 260 g/mol. The van der Waals surface area contributed by atoms with E-state index in [-0.39, 0.29) is 12.5 Å². The molecule has 2 atom stereocenters. The molecule has 1 aliphatic rings. The number of nitrogens with zero attached hydrogens (tertiary/aromatic N) is 1. The van der Waals surface area contributed by atoms with Crippen LogP contribution in [0.3, 0.4) is 0 Å². The molecule has 0 aromatic heterocycles. The Balaban J connectivity index is 2.55. The highest BCUT2D eigenvalue weighted by Crippen LogP contribution is 2.22. The van der Waals surface area contributed by atoms with Crippen LogP contribution in [0.25, 0.3) is 0 Å². The summed E-state index contributed by atoms with van der Waals surface area (Å²) in [5.74, 6) is -0.986. The van der Waals surface area contributed by atoms with Crippen LogP contribution in [0.1, 0.15) is 27.2 Å². The predicted molar refractivity (Wildman–Crippen MR) is 64.9 cm³/mol. The van der Waals surface area contributed by atoms with Crippen molar-refractivity contribution in [2.75, 3.05) is 20.1 Å². The van der Waals surface area contributed by atoms with Crippen LogP contribution in [0.5, 0.6) is 0 Å². The van der Waals surface area contributed by atoms with Crippen LogP contribution >= 0.6 is 0 Å². The van der Waals surface area contributed by atoms with Crippen molar-refractivity contribution in [1.29, 1.82) is 0 Å². The van der Waals surface area contributed by atoms with Gasteiger partial charge in [0, 0.05) is 13.6 Å².